The number of ether oxygens (including phenoxy) is 1. The van der Waals surface area contributed by atoms with E-state index in [0.717, 1.165) is 0 Å². The monoisotopic (exact) mass is 308 g/mol. The van der Waals surface area contributed by atoms with Crippen LogP contribution in [0.15, 0.2) is 0 Å². The van der Waals surface area contributed by atoms with Gasteiger partial charge in [-0.2, -0.15) is 0 Å². The summed E-state index contributed by atoms with van der Waals surface area (Å²) < 4.78 is 5.25. The van der Waals surface area contributed by atoms with Crippen molar-refractivity contribution in [1.29, 1.82) is 0 Å². The number of aliphatic hydroxyl groups is 4. The number of amides is 1. The molecule has 21 heavy (non-hydrogen) atoms. The molecule has 7 N–H and O–H groups in total. The van der Waals surface area contributed by atoms with Gasteiger partial charge in [-0.3, -0.25) is 14.9 Å². The highest BCUT2D eigenvalue weighted by Crippen LogP contribution is 2.20. The molecule has 1 fully saturated rings. The molecule has 1 saturated heterocycles. The lowest BCUT2D eigenvalue weighted by Gasteiger charge is -2.43. The fraction of sp³-hybridized carbons (Fsp3) is 0.818. The van der Waals surface area contributed by atoms with Gasteiger partial charge in [0.05, 0.1) is 19.3 Å². The largest absolute Gasteiger partial charge is 0.480 e. The lowest BCUT2D eigenvalue weighted by Crippen LogP contribution is -2.69. The highest BCUT2D eigenvalue weighted by molar-refractivity contribution is 5.74. The van der Waals surface area contributed by atoms with Crippen LogP contribution in [0.2, 0.25) is 0 Å². The average Bonchev–Trinajstić information content (AvgIpc) is 2.42. The molecule has 1 rings (SSSR count). The van der Waals surface area contributed by atoms with Crippen molar-refractivity contribution in [3.63, 3.8) is 0 Å². The molecule has 1 unspecified atom stereocenters. The Hall–Kier alpha value is -1.30. The van der Waals surface area contributed by atoms with Crippen molar-refractivity contribution in [1.82, 2.24) is 10.6 Å². The Kier molecular flexibility index (Phi) is 6.45. The van der Waals surface area contributed by atoms with E-state index in [1.807, 2.05) is 0 Å². The number of carboxylic acids is 1. The standard InChI is InChI=1S/C11H20N2O8/c1-4(16)12-7-9(18)8(17)6(3-15)21-10(7)13-5(2-14)11(19)20/h5-10,13-15,17-18H,2-3H2,1H3,(H,12,16)(H,19,20)/t5-,6-,7-,8-,9-,10?/m0/s1. The van der Waals surface area contributed by atoms with Crippen molar-refractivity contribution in [2.24, 2.45) is 0 Å². The van der Waals surface area contributed by atoms with E-state index in [4.69, 9.17) is 20.1 Å². The minimum atomic E-state index is -1.48. The molecular formula is C11H20N2O8. The first-order valence-electron chi connectivity index (χ1n) is 6.31. The van der Waals surface area contributed by atoms with Crippen molar-refractivity contribution in [3.8, 4) is 0 Å². The zero-order chi connectivity index (χ0) is 16.2. The van der Waals surface area contributed by atoms with Gasteiger partial charge in [0.25, 0.3) is 0 Å². The fourth-order valence-corrected chi connectivity index (χ4v) is 2.06. The first-order valence-corrected chi connectivity index (χ1v) is 6.31. The lowest BCUT2D eigenvalue weighted by molar-refractivity contribution is -0.205. The number of nitrogens with one attached hydrogen (secondary N) is 2. The molecule has 0 radical (unpaired) electrons. The lowest BCUT2D eigenvalue weighted by atomic mass is 9.95. The molecule has 0 aromatic rings. The molecule has 10 heteroatoms. The van der Waals surface area contributed by atoms with E-state index >= 15 is 0 Å². The van der Waals surface area contributed by atoms with Gasteiger partial charge in [0.1, 0.15) is 30.6 Å². The van der Waals surface area contributed by atoms with Gasteiger partial charge in [-0.25, -0.2) is 0 Å². The van der Waals surface area contributed by atoms with Gasteiger partial charge in [0.15, 0.2) is 0 Å². The first-order chi connectivity index (χ1) is 9.81. The smallest absolute Gasteiger partial charge is 0.323 e. The minimum absolute atomic E-state index is 0.528. The number of carboxylic acid groups (broad SMARTS) is 1. The Labute approximate surface area is 120 Å². The molecule has 122 valence electrons. The summed E-state index contributed by atoms with van der Waals surface area (Å²) in [5.74, 6) is -1.89. The van der Waals surface area contributed by atoms with E-state index < -0.39 is 61.7 Å². The van der Waals surface area contributed by atoms with E-state index in [1.165, 1.54) is 6.92 Å². The average molecular weight is 308 g/mol. The molecule has 1 aliphatic heterocycles. The molecule has 0 aromatic heterocycles. The molecule has 0 aromatic carbocycles. The van der Waals surface area contributed by atoms with Crippen LogP contribution in [0.1, 0.15) is 6.92 Å². The van der Waals surface area contributed by atoms with Crippen molar-refractivity contribution in [2.45, 2.75) is 43.5 Å². The van der Waals surface area contributed by atoms with Gasteiger partial charge >= 0.3 is 5.97 Å². The summed E-state index contributed by atoms with van der Waals surface area (Å²) in [5, 5.41) is 51.4. The van der Waals surface area contributed by atoms with Crippen LogP contribution in [0.25, 0.3) is 0 Å². The fourth-order valence-electron chi connectivity index (χ4n) is 2.06. The summed E-state index contributed by atoms with van der Waals surface area (Å²) in [4.78, 5) is 22.1. The first kappa shape index (κ1) is 17.8. The van der Waals surface area contributed by atoms with E-state index in [0.29, 0.717) is 0 Å². The maximum absolute atomic E-state index is 11.1. The summed E-state index contributed by atoms with van der Waals surface area (Å²) in [5.41, 5.74) is 0. The quantitative estimate of drug-likeness (QED) is 0.258. The predicted molar refractivity (Wildman–Crippen MR) is 67.0 cm³/mol. The third-order valence-electron chi connectivity index (χ3n) is 3.14. The summed E-state index contributed by atoms with van der Waals surface area (Å²) in [7, 11) is 0. The van der Waals surface area contributed by atoms with Crippen molar-refractivity contribution >= 4 is 11.9 Å². The topological polar surface area (TPSA) is 169 Å². The SMILES string of the molecule is CC(=O)N[C@@H]1C(N[C@@H](CO)C(=O)O)O[C@@H](CO)[C@H](O)[C@H]1O. The van der Waals surface area contributed by atoms with Gasteiger partial charge in [-0.1, -0.05) is 0 Å². The highest BCUT2D eigenvalue weighted by atomic mass is 16.5. The minimum Gasteiger partial charge on any atom is -0.480 e. The van der Waals surface area contributed by atoms with Crippen LogP contribution >= 0.6 is 0 Å². The summed E-state index contributed by atoms with van der Waals surface area (Å²) >= 11 is 0. The second-order valence-corrected chi connectivity index (χ2v) is 4.73. The highest BCUT2D eigenvalue weighted by Gasteiger charge is 2.45. The van der Waals surface area contributed by atoms with Crippen molar-refractivity contribution in [3.05, 3.63) is 0 Å². The van der Waals surface area contributed by atoms with Crippen LogP contribution in [0.4, 0.5) is 0 Å². The molecule has 0 spiro atoms. The number of aliphatic hydroxyl groups excluding tert-OH is 4. The molecule has 10 nitrogen and oxygen atoms in total. The number of carbonyl (C=O) groups excluding carboxylic acids is 1. The second-order valence-electron chi connectivity index (χ2n) is 4.73. The third kappa shape index (κ3) is 4.33. The van der Waals surface area contributed by atoms with Gasteiger partial charge < -0.3 is 35.6 Å². The molecule has 1 amide bonds. The molecule has 1 heterocycles. The number of hydrogen-bond acceptors (Lipinski definition) is 8. The molecule has 0 saturated carbocycles. The van der Waals surface area contributed by atoms with E-state index in [-0.39, 0.29) is 0 Å². The Morgan fingerprint density at radius 3 is 2.29 bits per heavy atom. The third-order valence-corrected chi connectivity index (χ3v) is 3.14. The van der Waals surface area contributed by atoms with E-state index in [9.17, 15) is 19.8 Å². The van der Waals surface area contributed by atoms with Gasteiger partial charge in [-0.15, -0.1) is 0 Å². The van der Waals surface area contributed by atoms with Gasteiger partial charge in [0, 0.05) is 6.92 Å². The number of rotatable bonds is 6. The van der Waals surface area contributed by atoms with Crippen molar-refractivity contribution < 1.29 is 39.9 Å². The van der Waals surface area contributed by atoms with Crippen LogP contribution in [0, 0.1) is 0 Å². The van der Waals surface area contributed by atoms with E-state index in [2.05, 4.69) is 10.6 Å². The summed E-state index contributed by atoms with van der Waals surface area (Å²) in [6.45, 7) is -0.181. The zero-order valence-electron chi connectivity index (χ0n) is 11.3. The summed E-state index contributed by atoms with van der Waals surface area (Å²) in [6, 6.07) is -2.54. The molecule has 0 aliphatic carbocycles. The van der Waals surface area contributed by atoms with Gasteiger partial charge in [-0.05, 0) is 0 Å². The molecule has 0 bridgehead atoms. The molecule has 6 atom stereocenters. The van der Waals surface area contributed by atoms with E-state index in [1.54, 1.807) is 0 Å². The maximum Gasteiger partial charge on any atom is 0.323 e. The Bertz CT molecular complexity index is 379. The Morgan fingerprint density at radius 2 is 1.86 bits per heavy atom. The number of carbonyl (C=O) groups is 2. The van der Waals surface area contributed by atoms with Gasteiger partial charge in [0.2, 0.25) is 5.91 Å². The zero-order valence-corrected chi connectivity index (χ0v) is 11.3. The molecular weight excluding hydrogens is 288 g/mol. The second kappa shape index (κ2) is 7.64. The Morgan fingerprint density at radius 1 is 1.24 bits per heavy atom. The van der Waals surface area contributed by atoms with Crippen LogP contribution < -0.4 is 10.6 Å². The predicted octanol–water partition coefficient (Wildman–Crippen LogP) is -4.03. The number of hydrogen-bond donors (Lipinski definition) is 7. The Balaban J connectivity index is 2.92. The van der Waals surface area contributed by atoms with Crippen LogP contribution in [0.5, 0.6) is 0 Å². The van der Waals surface area contributed by atoms with Crippen molar-refractivity contribution in [2.75, 3.05) is 13.2 Å². The summed E-state index contributed by atoms with van der Waals surface area (Å²) in [6.07, 6.45) is -5.30. The molecule has 1 aliphatic rings. The number of aliphatic carboxylic acids is 1. The van der Waals surface area contributed by atoms with Crippen LogP contribution in [-0.2, 0) is 14.3 Å². The van der Waals surface area contributed by atoms with Crippen LogP contribution in [0.3, 0.4) is 0 Å². The normalized spacial score (nSPS) is 34.2. The maximum atomic E-state index is 11.1. The van der Waals surface area contributed by atoms with Crippen LogP contribution in [-0.4, -0.2) is 87.2 Å².